The van der Waals surface area contributed by atoms with Gasteiger partial charge in [-0.25, -0.2) is 8.78 Å². The van der Waals surface area contributed by atoms with Gasteiger partial charge in [0, 0.05) is 17.0 Å². The summed E-state index contributed by atoms with van der Waals surface area (Å²) < 4.78 is 30.5. The van der Waals surface area contributed by atoms with Crippen molar-refractivity contribution >= 4 is 17.3 Å². The van der Waals surface area contributed by atoms with E-state index in [1.165, 1.54) is 69.2 Å². The smallest absolute Gasteiger partial charge is 0.315 e. The molecule has 0 unspecified atom stereocenters. The van der Waals surface area contributed by atoms with Crippen molar-refractivity contribution in [2.24, 2.45) is 11.8 Å². The predicted molar refractivity (Wildman–Crippen MR) is 108 cm³/mol. The Morgan fingerprint density at radius 2 is 1.70 bits per heavy atom. The van der Waals surface area contributed by atoms with Crippen molar-refractivity contribution in [1.29, 1.82) is 0 Å². The number of hydrogen-bond acceptors (Lipinski definition) is 3. The minimum atomic E-state index is -2.51. The van der Waals surface area contributed by atoms with E-state index in [9.17, 15) is 13.6 Å². The van der Waals surface area contributed by atoms with Crippen LogP contribution in [0.25, 0.3) is 0 Å². The first kappa shape index (κ1) is 22.3. The second-order valence-electron chi connectivity index (χ2n) is 7.90. The molecule has 0 radical (unpaired) electrons. The molecule has 1 aliphatic carbocycles. The Kier molecular flexibility index (Phi) is 10.3. The van der Waals surface area contributed by atoms with Crippen LogP contribution >= 0.6 is 11.3 Å². The number of carbonyl (C=O) groups is 1. The molecule has 0 spiro atoms. The number of carbonyl (C=O) groups excluding carboxylic acids is 1. The number of ether oxygens (including phenoxy) is 1. The Hall–Kier alpha value is -0.970. The Balaban J connectivity index is 1.56. The summed E-state index contributed by atoms with van der Waals surface area (Å²) in [6.07, 6.45) is 13.5. The third-order valence-corrected chi connectivity index (χ3v) is 6.52. The maximum atomic E-state index is 12.6. The van der Waals surface area contributed by atoms with Gasteiger partial charge in [0.25, 0.3) is 6.43 Å². The maximum absolute atomic E-state index is 12.6. The third kappa shape index (κ3) is 8.28. The van der Waals surface area contributed by atoms with Crippen LogP contribution in [-0.4, -0.2) is 5.97 Å². The van der Waals surface area contributed by atoms with Crippen molar-refractivity contribution in [3.05, 3.63) is 17.0 Å². The Bertz CT molecular complexity index is 536. The minimum Gasteiger partial charge on any atom is -0.415 e. The fourth-order valence-corrected chi connectivity index (χ4v) is 4.69. The van der Waals surface area contributed by atoms with Crippen LogP contribution < -0.4 is 4.74 Å². The Morgan fingerprint density at radius 1 is 1.07 bits per heavy atom. The molecule has 27 heavy (non-hydrogen) atoms. The van der Waals surface area contributed by atoms with Crippen LogP contribution in [0.15, 0.2) is 11.4 Å². The summed E-state index contributed by atoms with van der Waals surface area (Å²) in [6.45, 7) is 2.25. The number of thiophene rings is 1. The van der Waals surface area contributed by atoms with E-state index in [1.807, 2.05) is 0 Å². The van der Waals surface area contributed by atoms with Crippen molar-refractivity contribution in [2.75, 3.05) is 0 Å². The highest BCUT2D eigenvalue weighted by Gasteiger charge is 2.28. The van der Waals surface area contributed by atoms with Crippen LogP contribution in [0.3, 0.4) is 0 Å². The number of unbranched alkanes of at least 4 members (excludes halogenated alkanes) is 7. The highest BCUT2D eigenvalue weighted by molar-refractivity contribution is 7.12. The van der Waals surface area contributed by atoms with Crippen molar-refractivity contribution in [3.63, 3.8) is 0 Å². The van der Waals surface area contributed by atoms with E-state index in [4.69, 9.17) is 4.74 Å². The minimum absolute atomic E-state index is 0.0723. The summed E-state index contributed by atoms with van der Waals surface area (Å²) in [5.41, 5.74) is -0.0723. The zero-order chi connectivity index (χ0) is 19.5. The molecule has 0 bridgehead atoms. The van der Waals surface area contributed by atoms with Crippen LogP contribution in [0.5, 0.6) is 5.06 Å². The van der Waals surface area contributed by atoms with E-state index in [0.717, 1.165) is 42.9 Å². The van der Waals surface area contributed by atoms with Crippen LogP contribution in [0.1, 0.15) is 102 Å². The lowest BCUT2D eigenvalue weighted by Gasteiger charge is -2.27. The molecular weight excluding hydrogens is 366 g/mol. The quantitative estimate of drug-likeness (QED) is 0.263. The third-order valence-electron chi connectivity index (χ3n) is 5.69. The fraction of sp³-hybridized carbons (Fsp3) is 0.773. The van der Waals surface area contributed by atoms with Crippen LogP contribution in [0.2, 0.25) is 0 Å². The Morgan fingerprint density at radius 3 is 2.30 bits per heavy atom. The average Bonchev–Trinajstić information content (AvgIpc) is 3.13. The molecule has 1 aromatic rings. The molecule has 1 saturated carbocycles. The number of halogens is 2. The SMILES string of the molecule is CCCCCCCCCC[C@H]1CC[C@H](C(=O)Oc2cc(C(F)F)cs2)CC1. The molecule has 154 valence electrons. The zero-order valence-corrected chi connectivity index (χ0v) is 17.4. The average molecular weight is 401 g/mol. The summed E-state index contributed by atoms with van der Waals surface area (Å²) in [5.74, 6) is 0.418. The van der Waals surface area contributed by atoms with Gasteiger partial charge in [-0.1, -0.05) is 64.7 Å². The van der Waals surface area contributed by atoms with Crippen molar-refractivity contribution in [2.45, 2.75) is 96.8 Å². The number of esters is 1. The van der Waals surface area contributed by atoms with Gasteiger partial charge in [-0.15, -0.1) is 11.3 Å². The van der Waals surface area contributed by atoms with E-state index in [-0.39, 0.29) is 22.5 Å². The number of rotatable bonds is 12. The van der Waals surface area contributed by atoms with Crippen LogP contribution in [0.4, 0.5) is 8.78 Å². The lowest BCUT2D eigenvalue weighted by atomic mass is 9.80. The lowest BCUT2D eigenvalue weighted by molar-refractivity contribution is -0.140. The molecule has 0 N–H and O–H groups in total. The van der Waals surface area contributed by atoms with Gasteiger partial charge < -0.3 is 4.74 Å². The van der Waals surface area contributed by atoms with Gasteiger partial charge in [0.15, 0.2) is 5.06 Å². The van der Waals surface area contributed by atoms with Crippen molar-refractivity contribution in [3.8, 4) is 5.06 Å². The van der Waals surface area contributed by atoms with E-state index in [1.54, 1.807) is 0 Å². The lowest BCUT2D eigenvalue weighted by Crippen LogP contribution is -2.25. The normalized spacial score (nSPS) is 20.1. The molecule has 1 aromatic heterocycles. The Labute approximate surface area is 166 Å². The van der Waals surface area contributed by atoms with Crippen molar-refractivity contribution in [1.82, 2.24) is 0 Å². The summed E-state index contributed by atoms with van der Waals surface area (Å²) in [6, 6.07) is 1.28. The number of alkyl halides is 2. The molecule has 0 saturated heterocycles. The highest BCUT2D eigenvalue weighted by atomic mass is 32.1. The second kappa shape index (κ2) is 12.5. The molecule has 2 nitrogen and oxygen atoms in total. The van der Waals surface area contributed by atoms with Gasteiger partial charge in [-0.3, -0.25) is 4.79 Å². The molecule has 0 aromatic carbocycles. The molecule has 2 rings (SSSR count). The zero-order valence-electron chi connectivity index (χ0n) is 16.6. The fourth-order valence-electron chi connectivity index (χ4n) is 3.93. The molecule has 1 aliphatic rings. The first-order valence-electron chi connectivity index (χ1n) is 10.7. The van der Waals surface area contributed by atoms with Gasteiger partial charge in [0.05, 0.1) is 5.92 Å². The maximum Gasteiger partial charge on any atom is 0.315 e. The summed E-state index contributed by atoms with van der Waals surface area (Å²) >= 11 is 1.07. The molecule has 1 fully saturated rings. The monoisotopic (exact) mass is 400 g/mol. The standard InChI is InChI=1S/C22H34F2O2S/c1-2-3-4-5-6-7-8-9-10-17-11-13-18(14-12-17)22(25)26-20-15-19(16-27-20)21(23)24/h15-18,21H,2-14H2,1H3/t17-,18-. The molecule has 5 heteroatoms. The van der Waals surface area contributed by atoms with E-state index >= 15 is 0 Å². The summed E-state index contributed by atoms with van der Waals surface area (Å²) in [4.78, 5) is 12.3. The van der Waals surface area contributed by atoms with E-state index in [2.05, 4.69) is 6.92 Å². The van der Waals surface area contributed by atoms with Gasteiger partial charge in [0.1, 0.15) is 0 Å². The number of hydrogen-bond donors (Lipinski definition) is 0. The second-order valence-corrected chi connectivity index (χ2v) is 8.78. The highest BCUT2D eigenvalue weighted by Crippen LogP contribution is 2.35. The summed E-state index contributed by atoms with van der Waals surface area (Å²) in [5, 5.41) is 1.64. The first-order chi connectivity index (χ1) is 13.1. The van der Waals surface area contributed by atoms with Gasteiger partial charge in [-0.05, 0) is 31.6 Å². The molecule has 0 atom stereocenters. The largest absolute Gasteiger partial charge is 0.415 e. The van der Waals surface area contributed by atoms with E-state index < -0.39 is 6.43 Å². The molecule has 0 aliphatic heterocycles. The predicted octanol–water partition coefficient (Wildman–Crippen LogP) is 7.93. The van der Waals surface area contributed by atoms with Crippen LogP contribution in [-0.2, 0) is 4.79 Å². The molecular formula is C22H34F2O2S. The first-order valence-corrected chi connectivity index (χ1v) is 11.6. The molecule has 0 amide bonds. The van der Waals surface area contributed by atoms with Gasteiger partial charge in [0.2, 0.25) is 0 Å². The van der Waals surface area contributed by atoms with Crippen LogP contribution in [0, 0.1) is 11.8 Å². The topological polar surface area (TPSA) is 26.3 Å². The van der Waals surface area contributed by atoms with Crippen molar-refractivity contribution < 1.29 is 18.3 Å². The molecule has 1 heterocycles. The van der Waals surface area contributed by atoms with Gasteiger partial charge >= 0.3 is 5.97 Å². The van der Waals surface area contributed by atoms with Gasteiger partial charge in [-0.2, -0.15) is 0 Å². The summed E-state index contributed by atoms with van der Waals surface area (Å²) in [7, 11) is 0. The van der Waals surface area contributed by atoms with E-state index in [0.29, 0.717) is 0 Å².